The number of Topliss-reactive ketones (excluding diaryl/α,β-unsaturated/α-hetero) is 1. The number of hydrogen-bond acceptors (Lipinski definition) is 7. The number of ether oxygens (including phenoxy) is 1. The molecule has 7 nitrogen and oxygen atoms in total. The molecule has 2 aromatic rings. The number of hydrogen-bond donors (Lipinski definition) is 1. The summed E-state index contributed by atoms with van der Waals surface area (Å²) in [5.74, 6) is 1.18. The molecular weight excluding hydrogens is 390 g/mol. The van der Waals surface area contributed by atoms with Gasteiger partial charge < -0.3 is 15.4 Å². The smallest absolute Gasteiger partial charge is 0.320 e. The van der Waals surface area contributed by atoms with Gasteiger partial charge in [0.2, 0.25) is 0 Å². The number of anilines is 2. The van der Waals surface area contributed by atoms with Crippen LogP contribution in [-0.2, 0) is 24.3 Å². The monoisotopic (exact) mass is 423 g/mol. The van der Waals surface area contributed by atoms with Crippen molar-refractivity contribution in [2.45, 2.75) is 65.1 Å². The van der Waals surface area contributed by atoms with Gasteiger partial charge in [0.25, 0.3) is 0 Å². The molecular formula is C24H33N5O2. The number of ketones is 1. The quantitative estimate of drug-likeness (QED) is 0.697. The van der Waals surface area contributed by atoms with Crippen molar-refractivity contribution in [3.8, 4) is 6.01 Å². The van der Waals surface area contributed by atoms with Crippen LogP contribution in [0.5, 0.6) is 6.01 Å². The molecule has 3 heterocycles. The highest BCUT2D eigenvalue weighted by Gasteiger charge is 2.28. The van der Waals surface area contributed by atoms with E-state index in [1.54, 1.807) is 0 Å². The number of nitrogen functional groups attached to an aromatic ring is 1. The van der Waals surface area contributed by atoms with Gasteiger partial charge in [-0.05, 0) is 50.4 Å². The van der Waals surface area contributed by atoms with Crippen LogP contribution in [0.1, 0.15) is 56.2 Å². The lowest BCUT2D eigenvalue weighted by atomic mass is 10.0. The average Bonchev–Trinajstić information content (AvgIpc) is 3.22. The summed E-state index contributed by atoms with van der Waals surface area (Å²) >= 11 is 0. The summed E-state index contributed by atoms with van der Waals surface area (Å²) in [7, 11) is 0. The van der Waals surface area contributed by atoms with Crippen molar-refractivity contribution in [2.24, 2.45) is 0 Å². The molecule has 31 heavy (non-hydrogen) atoms. The summed E-state index contributed by atoms with van der Waals surface area (Å²) < 4.78 is 5.90. The molecule has 0 radical (unpaired) electrons. The second-order valence-corrected chi connectivity index (χ2v) is 8.79. The Kier molecular flexibility index (Phi) is 6.70. The zero-order valence-corrected chi connectivity index (χ0v) is 18.6. The summed E-state index contributed by atoms with van der Waals surface area (Å²) in [6.07, 6.45) is 4.81. The lowest BCUT2D eigenvalue weighted by molar-refractivity contribution is -0.117. The van der Waals surface area contributed by atoms with E-state index < -0.39 is 0 Å². The number of benzene rings is 1. The van der Waals surface area contributed by atoms with Crippen LogP contribution in [0.3, 0.4) is 0 Å². The fourth-order valence-corrected chi connectivity index (χ4v) is 4.51. The topological polar surface area (TPSA) is 84.6 Å². The van der Waals surface area contributed by atoms with Crippen LogP contribution in [0.2, 0.25) is 0 Å². The molecule has 0 aliphatic carbocycles. The van der Waals surface area contributed by atoms with Gasteiger partial charge in [-0.15, -0.1) is 0 Å². The summed E-state index contributed by atoms with van der Waals surface area (Å²) in [6.45, 7) is 8.38. The standard InChI is InChI=1S/C24H33N5O2/c1-3-7-17(2)31-24-26-22(25)21-13-20(30)16-29(23(21)27-24)15-19-9-6-8-18(12-19)14-28-10-4-5-11-28/h6,8-9,12,17H,3-5,7,10-11,13-16H2,1-2H3,(H2,25,26,27)/t17-/m1/s1. The van der Waals surface area contributed by atoms with Gasteiger partial charge in [-0.25, -0.2) is 0 Å². The largest absolute Gasteiger partial charge is 0.460 e. The van der Waals surface area contributed by atoms with E-state index in [1.165, 1.54) is 31.5 Å². The molecule has 166 valence electrons. The van der Waals surface area contributed by atoms with Crippen molar-refractivity contribution in [1.82, 2.24) is 14.9 Å². The normalized spacial score (nSPS) is 17.6. The van der Waals surface area contributed by atoms with Crippen molar-refractivity contribution in [3.05, 3.63) is 41.0 Å². The maximum atomic E-state index is 12.4. The first-order valence-electron chi connectivity index (χ1n) is 11.4. The SMILES string of the molecule is CCC[C@@H](C)Oc1nc(N)c2c(n1)N(Cc1cccc(CN3CCCC3)c1)CC(=O)C2. The minimum atomic E-state index is 0.0170. The van der Waals surface area contributed by atoms with Crippen LogP contribution in [0.25, 0.3) is 0 Å². The highest BCUT2D eigenvalue weighted by molar-refractivity contribution is 5.91. The molecule has 7 heteroatoms. The number of aromatic nitrogens is 2. The van der Waals surface area contributed by atoms with Gasteiger partial charge in [-0.1, -0.05) is 37.6 Å². The molecule has 1 aromatic heterocycles. The summed E-state index contributed by atoms with van der Waals surface area (Å²) in [5, 5.41) is 0. The van der Waals surface area contributed by atoms with Crippen molar-refractivity contribution in [2.75, 3.05) is 30.3 Å². The van der Waals surface area contributed by atoms with Crippen LogP contribution >= 0.6 is 0 Å². The molecule has 0 bridgehead atoms. The fraction of sp³-hybridized carbons (Fsp3) is 0.542. The number of carbonyl (C=O) groups excluding carboxylic acids is 1. The second kappa shape index (κ2) is 9.64. The third kappa shape index (κ3) is 5.34. The van der Waals surface area contributed by atoms with Crippen LogP contribution in [0, 0.1) is 0 Å². The molecule has 1 fully saturated rings. The molecule has 0 saturated carbocycles. The zero-order valence-electron chi connectivity index (χ0n) is 18.6. The number of carbonyl (C=O) groups is 1. The Morgan fingerprint density at radius 3 is 2.65 bits per heavy atom. The van der Waals surface area contributed by atoms with Crippen molar-refractivity contribution >= 4 is 17.4 Å². The molecule has 1 atom stereocenters. The predicted octanol–water partition coefficient (Wildman–Crippen LogP) is 3.35. The first-order chi connectivity index (χ1) is 15.0. The first-order valence-corrected chi connectivity index (χ1v) is 11.4. The number of nitrogens with zero attached hydrogens (tertiary/aromatic N) is 4. The Morgan fingerprint density at radius 1 is 1.16 bits per heavy atom. The van der Waals surface area contributed by atoms with E-state index >= 15 is 0 Å². The lowest BCUT2D eigenvalue weighted by Gasteiger charge is -2.30. The molecule has 0 amide bonds. The van der Waals surface area contributed by atoms with E-state index in [4.69, 9.17) is 10.5 Å². The van der Waals surface area contributed by atoms with Crippen LogP contribution in [-0.4, -0.2) is 46.4 Å². The van der Waals surface area contributed by atoms with Gasteiger partial charge in [0.1, 0.15) is 11.6 Å². The molecule has 1 aromatic carbocycles. The van der Waals surface area contributed by atoms with Crippen molar-refractivity contribution in [3.63, 3.8) is 0 Å². The molecule has 1 saturated heterocycles. The molecule has 2 aliphatic heterocycles. The van der Waals surface area contributed by atoms with Gasteiger partial charge in [0, 0.05) is 25.1 Å². The predicted molar refractivity (Wildman–Crippen MR) is 122 cm³/mol. The fourth-order valence-electron chi connectivity index (χ4n) is 4.51. The number of fused-ring (bicyclic) bond motifs is 1. The maximum absolute atomic E-state index is 12.4. The van der Waals surface area contributed by atoms with Gasteiger partial charge in [0.15, 0.2) is 5.78 Å². The van der Waals surface area contributed by atoms with Gasteiger partial charge in [-0.2, -0.15) is 9.97 Å². The highest BCUT2D eigenvalue weighted by Crippen LogP contribution is 2.31. The molecule has 0 spiro atoms. The summed E-state index contributed by atoms with van der Waals surface area (Å²) in [6, 6.07) is 8.92. The Labute approximate surface area is 184 Å². The van der Waals surface area contributed by atoms with Gasteiger partial charge in [-0.3, -0.25) is 9.69 Å². The Balaban J connectivity index is 1.55. The summed E-state index contributed by atoms with van der Waals surface area (Å²) in [4.78, 5) is 25.9. The van der Waals surface area contributed by atoms with E-state index in [2.05, 4.69) is 46.1 Å². The van der Waals surface area contributed by atoms with E-state index in [0.29, 0.717) is 30.5 Å². The van der Waals surface area contributed by atoms with Crippen molar-refractivity contribution < 1.29 is 9.53 Å². The van der Waals surface area contributed by atoms with E-state index in [0.717, 1.165) is 30.8 Å². The zero-order chi connectivity index (χ0) is 21.8. The van der Waals surface area contributed by atoms with Crippen LogP contribution < -0.4 is 15.4 Å². The minimum Gasteiger partial charge on any atom is -0.460 e. The molecule has 2 aliphatic rings. The number of nitrogens with two attached hydrogens (primary N) is 1. The molecule has 4 rings (SSSR count). The third-order valence-corrected chi connectivity index (χ3v) is 6.01. The first kappa shape index (κ1) is 21.6. The third-order valence-electron chi connectivity index (χ3n) is 6.01. The highest BCUT2D eigenvalue weighted by atomic mass is 16.5. The number of likely N-dealkylation sites (tertiary alicyclic amines) is 1. The lowest BCUT2D eigenvalue weighted by Crippen LogP contribution is -2.37. The number of rotatable bonds is 8. The summed E-state index contributed by atoms with van der Waals surface area (Å²) in [5.41, 5.74) is 9.39. The van der Waals surface area contributed by atoms with E-state index in [-0.39, 0.29) is 18.3 Å². The maximum Gasteiger partial charge on any atom is 0.320 e. The van der Waals surface area contributed by atoms with Crippen LogP contribution in [0.4, 0.5) is 11.6 Å². The average molecular weight is 424 g/mol. The van der Waals surface area contributed by atoms with Crippen molar-refractivity contribution in [1.29, 1.82) is 0 Å². The Bertz CT molecular complexity index is 926. The van der Waals surface area contributed by atoms with E-state index in [1.807, 2.05) is 11.8 Å². The Hall–Kier alpha value is -2.67. The van der Waals surface area contributed by atoms with Crippen LogP contribution in [0.15, 0.2) is 24.3 Å². The minimum absolute atomic E-state index is 0.0170. The van der Waals surface area contributed by atoms with Gasteiger partial charge >= 0.3 is 6.01 Å². The van der Waals surface area contributed by atoms with E-state index in [9.17, 15) is 4.79 Å². The molecule has 2 N–H and O–H groups in total. The second-order valence-electron chi connectivity index (χ2n) is 8.79. The van der Waals surface area contributed by atoms with Gasteiger partial charge in [0.05, 0.1) is 12.6 Å². The molecule has 0 unspecified atom stereocenters. The Morgan fingerprint density at radius 2 is 1.90 bits per heavy atom.